The van der Waals surface area contributed by atoms with Gasteiger partial charge >= 0.3 is 5.97 Å². The first kappa shape index (κ1) is 29.3. The van der Waals surface area contributed by atoms with E-state index in [2.05, 4.69) is 5.32 Å². The fourth-order valence-corrected chi connectivity index (χ4v) is 4.43. The molecule has 0 saturated carbocycles. The van der Waals surface area contributed by atoms with E-state index in [-0.39, 0.29) is 18.2 Å². The molecule has 0 radical (unpaired) electrons. The molecule has 0 spiro atoms. The van der Waals surface area contributed by atoms with Gasteiger partial charge in [0.2, 0.25) is 11.8 Å². The summed E-state index contributed by atoms with van der Waals surface area (Å²) in [4.78, 5) is 67.7. The molecular weight excluding hydrogens is 498 g/mol. The van der Waals surface area contributed by atoms with Crippen molar-refractivity contribution in [2.24, 2.45) is 5.92 Å². The minimum atomic E-state index is -1.19. The second kappa shape index (κ2) is 13.0. The molecule has 9 nitrogen and oxygen atoms in total. The first-order chi connectivity index (χ1) is 18.5. The number of rotatable bonds is 10. The number of ketones is 1. The minimum Gasteiger partial charge on any atom is -0.457 e. The quantitative estimate of drug-likeness (QED) is 0.371. The molecule has 9 heteroatoms. The predicted octanol–water partition coefficient (Wildman–Crippen LogP) is 2.95. The lowest BCUT2D eigenvalue weighted by Gasteiger charge is -2.40. The number of carbonyl (C=O) groups is 5. The van der Waals surface area contributed by atoms with Crippen LogP contribution in [0.1, 0.15) is 45.7 Å². The number of carbonyl (C=O) groups excluding carboxylic acids is 5. The van der Waals surface area contributed by atoms with E-state index >= 15 is 0 Å². The van der Waals surface area contributed by atoms with E-state index in [0.717, 1.165) is 5.56 Å². The van der Waals surface area contributed by atoms with Gasteiger partial charge in [-0.15, -0.1) is 0 Å². The number of esters is 1. The summed E-state index contributed by atoms with van der Waals surface area (Å²) in [5.74, 6) is -3.48. The maximum atomic E-state index is 13.7. The number of Topliss-reactive ketones (excluding diaryl/α,β-unsaturated/α-hetero) is 1. The Morgan fingerprint density at radius 3 is 2.05 bits per heavy atom. The molecule has 2 atom stereocenters. The van der Waals surface area contributed by atoms with Gasteiger partial charge in [-0.2, -0.15) is 0 Å². The van der Waals surface area contributed by atoms with Crippen molar-refractivity contribution in [3.63, 3.8) is 0 Å². The van der Waals surface area contributed by atoms with E-state index in [9.17, 15) is 24.0 Å². The molecule has 0 bridgehead atoms. The van der Waals surface area contributed by atoms with Crippen LogP contribution in [0, 0.1) is 5.92 Å². The van der Waals surface area contributed by atoms with Crippen LogP contribution in [0.3, 0.4) is 0 Å². The number of nitrogens with one attached hydrogen (secondary N) is 1. The third kappa shape index (κ3) is 7.40. The summed E-state index contributed by atoms with van der Waals surface area (Å²) in [6, 6.07) is 16.0. The zero-order chi connectivity index (χ0) is 28.7. The van der Waals surface area contributed by atoms with E-state index in [0.29, 0.717) is 11.3 Å². The molecule has 1 aliphatic rings. The summed E-state index contributed by atoms with van der Waals surface area (Å²) in [5, 5.41) is 2.65. The van der Waals surface area contributed by atoms with E-state index in [4.69, 9.17) is 4.74 Å². The van der Waals surface area contributed by atoms with Crippen LogP contribution in [0.15, 0.2) is 66.9 Å². The van der Waals surface area contributed by atoms with E-state index in [1.807, 2.05) is 26.0 Å². The third-order valence-corrected chi connectivity index (χ3v) is 6.22. The molecule has 2 aromatic rings. The van der Waals surface area contributed by atoms with Crippen LogP contribution in [0.2, 0.25) is 0 Å². The average Bonchev–Trinajstić information content (AvgIpc) is 2.89. The lowest BCUT2D eigenvalue weighted by molar-refractivity contribution is -0.157. The molecule has 0 saturated heterocycles. The minimum absolute atomic E-state index is 0.0701. The Kier molecular flexibility index (Phi) is 9.76. The fraction of sp³-hybridized carbons (Fsp3) is 0.367. The van der Waals surface area contributed by atoms with Crippen molar-refractivity contribution >= 4 is 35.2 Å². The third-order valence-electron chi connectivity index (χ3n) is 6.22. The molecule has 1 heterocycles. The topological polar surface area (TPSA) is 113 Å². The second-order valence-corrected chi connectivity index (χ2v) is 10.0. The Labute approximate surface area is 228 Å². The number of nitrogens with zero attached hydrogens (tertiary/aromatic N) is 2. The molecule has 3 amide bonds. The first-order valence-corrected chi connectivity index (χ1v) is 12.9. The van der Waals surface area contributed by atoms with Crippen molar-refractivity contribution < 1.29 is 28.7 Å². The van der Waals surface area contributed by atoms with Gasteiger partial charge in [-0.05, 0) is 30.9 Å². The smallest absolute Gasteiger partial charge is 0.377 e. The van der Waals surface area contributed by atoms with Crippen molar-refractivity contribution in [3.8, 4) is 0 Å². The molecular formula is C30H35N3O6. The van der Waals surface area contributed by atoms with Crippen LogP contribution in [-0.2, 0) is 35.1 Å². The van der Waals surface area contributed by atoms with Gasteiger partial charge in [-0.1, -0.05) is 74.5 Å². The van der Waals surface area contributed by atoms with Gasteiger partial charge in [0, 0.05) is 19.5 Å². The normalized spacial score (nSPS) is 16.1. The fourth-order valence-electron chi connectivity index (χ4n) is 4.43. The van der Waals surface area contributed by atoms with Gasteiger partial charge in [-0.25, -0.2) is 4.79 Å². The molecule has 1 N–H and O–H groups in total. The first-order valence-electron chi connectivity index (χ1n) is 12.9. The standard InChI is InChI=1S/C30H35N3O6/c1-19(2)27-29(37)33(25(17-32(27)21(5)34)23-14-10-7-11-15-23)18-26(35)31-24(16-22-12-8-6-9-13-22)28(36)30(38)39-20(3)4/h6-15,17,19-20,24,27H,16,18H2,1-5H3,(H,31,35)/t24-,27+/m0/s1. The highest BCUT2D eigenvalue weighted by atomic mass is 16.5. The van der Waals surface area contributed by atoms with Crippen LogP contribution >= 0.6 is 0 Å². The lowest BCUT2D eigenvalue weighted by atomic mass is 9.97. The monoisotopic (exact) mass is 533 g/mol. The Bertz CT molecular complexity index is 1240. The maximum absolute atomic E-state index is 13.7. The predicted molar refractivity (Wildman–Crippen MR) is 146 cm³/mol. The number of ether oxygens (including phenoxy) is 1. The van der Waals surface area contributed by atoms with Crippen LogP contribution in [-0.4, -0.2) is 64.0 Å². The molecule has 2 aromatic carbocycles. The van der Waals surface area contributed by atoms with Gasteiger partial charge in [0.15, 0.2) is 0 Å². The van der Waals surface area contributed by atoms with Crippen LogP contribution < -0.4 is 5.32 Å². The Morgan fingerprint density at radius 1 is 0.923 bits per heavy atom. The molecule has 0 unspecified atom stereocenters. The van der Waals surface area contributed by atoms with Crippen molar-refractivity contribution in [2.75, 3.05) is 6.54 Å². The Hall–Kier alpha value is -4.27. The molecule has 0 aliphatic carbocycles. The van der Waals surface area contributed by atoms with Crippen LogP contribution in [0.5, 0.6) is 0 Å². The summed E-state index contributed by atoms with van der Waals surface area (Å²) < 4.78 is 5.08. The molecule has 1 aliphatic heterocycles. The van der Waals surface area contributed by atoms with Gasteiger partial charge in [-0.3, -0.25) is 24.1 Å². The van der Waals surface area contributed by atoms with Gasteiger partial charge in [0.1, 0.15) is 18.6 Å². The highest BCUT2D eigenvalue weighted by Crippen LogP contribution is 2.30. The van der Waals surface area contributed by atoms with Crippen molar-refractivity contribution in [2.45, 2.75) is 59.2 Å². The zero-order valence-corrected chi connectivity index (χ0v) is 22.9. The molecule has 3 rings (SSSR count). The molecule has 39 heavy (non-hydrogen) atoms. The number of hydrogen-bond donors (Lipinski definition) is 1. The van der Waals surface area contributed by atoms with E-state index < -0.39 is 48.3 Å². The maximum Gasteiger partial charge on any atom is 0.377 e. The van der Waals surface area contributed by atoms with Crippen LogP contribution in [0.4, 0.5) is 0 Å². The van der Waals surface area contributed by atoms with E-state index in [1.165, 1.54) is 16.7 Å². The summed E-state index contributed by atoms with van der Waals surface area (Å²) in [6.07, 6.45) is 1.15. The van der Waals surface area contributed by atoms with Crippen LogP contribution in [0.25, 0.3) is 5.70 Å². The van der Waals surface area contributed by atoms with Gasteiger partial charge in [0.05, 0.1) is 11.8 Å². The largest absolute Gasteiger partial charge is 0.457 e. The van der Waals surface area contributed by atoms with Gasteiger partial charge in [0.25, 0.3) is 11.7 Å². The number of hydrogen-bond acceptors (Lipinski definition) is 6. The molecule has 0 aromatic heterocycles. The molecule has 206 valence electrons. The van der Waals surface area contributed by atoms with Gasteiger partial charge < -0.3 is 15.0 Å². The Morgan fingerprint density at radius 2 is 1.51 bits per heavy atom. The molecule has 0 fully saturated rings. The second-order valence-electron chi connectivity index (χ2n) is 10.0. The number of benzene rings is 2. The van der Waals surface area contributed by atoms with Crippen molar-refractivity contribution in [1.29, 1.82) is 0 Å². The summed E-state index contributed by atoms with van der Waals surface area (Å²) >= 11 is 0. The summed E-state index contributed by atoms with van der Waals surface area (Å²) in [7, 11) is 0. The highest BCUT2D eigenvalue weighted by molar-refractivity contribution is 6.36. The average molecular weight is 534 g/mol. The highest BCUT2D eigenvalue weighted by Gasteiger charge is 2.40. The zero-order valence-electron chi connectivity index (χ0n) is 22.9. The SMILES string of the molecule is CC(=O)N1C=C(c2ccccc2)N(CC(=O)N[C@@H](Cc2ccccc2)C(=O)C(=O)OC(C)C)C(=O)[C@H]1C(C)C. The lowest BCUT2D eigenvalue weighted by Crippen LogP contribution is -2.57. The summed E-state index contributed by atoms with van der Waals surface area (Å²) in [6.45, 7) is 7.89. The number of amides is 3. The van der Waals surface area contributed by atoms with E-state index in [1.54, 1.807) is 68.6 Å². The van der Waals surface area contributed by atoms with Crippen molar-refractivity contribution in [1.82, 2.24) is 15.1 Å². The summed E-state index contributed by atoms with van der Waals surface area (Å²) in [5.41, 5.74) is 1.77. The van der Waals surface area contributed by atoms with Crippen molar-refractivity contribution in [3.05, 3.63) is 78.0 Å². The Balaban J connectivity index is 1.92.